The fourth-order valence-corrected chi connectivity index (χ4v) is 1.35. The molecule has 1 aromatic heterocycles. The SMILES string of the molecule is CNc1cc(C(C)C)c(Cl)cn1. The molecule has 66 valence electrons. The van der Waals surface area contributed by atoms with Gasteiger partial charge >= 0.3 is 0 Å². The van der Waals surface area contributed by atoms with Crippen LogP contribution in [-0.4, -0.2) is 12.0 Å². The summed E-state index contributed by atoms with van der Waals surface area (Å²) < 4.78 is 0. The molecule has 0 aliphatic carbocycles. The van der Waals surface area contributed by atoms with E-state index in [0.717, 1.165) is 16.4 Å². The van der Waals surface area contributed by atoms with Gasteiger partial charge in [0, 0.05) is 13.2 Å². The summed E-state index contributed by atoms with van der Waals surface area (Å²) >= 11 is 5.96. The maximum atomic E-state index is 5.96. The largest absolute Gasteiger partial charge is 0.373 e. The van der Waals surface area contributed by atoms with E-state index in [9.17, 15) is 0 Å². The first-order chi connectivity index (χ1) is 5.65. The van der Waals surface area contributed by atoms with E-state index in [2.05, 4.69) is 24.1 Å². The fraction of sp³-hybridized carbons (Fsp3) is 0.444. The standard InChI is InChI=1S/C9H13ClN2/c1-6(2)7-4-9(11-3)12-5-8(7)10/h4-6H,1-3H3,(H,11,12). The summed E-state index contributed by atoms with van der Waals surface area (Å²) in [6, 6.07) is 1.98. The first-order valence-electron chi connectivity index (χ1n) is 3.98. The minimum atomic E-state index is 0.438. The number of pyridine rings is 1. The van der Waals surface area contributed by atoms with Gasteiger partial charge in [0.25, 0.3) is 0 Å². The Morgan fingerprint density at radius 3 is 2.67 bits per heavy atom. The van der Waals surface area contributed by atoms with Gasteiger partial charge in [-0.3, -0.25) is 0 Å². The fourth-order valence-electron chi connectivity index (χ4n) is 1.03. The molecule has 0 aromatic carbocycles. The molecule has 0 radical (unpaired) electrons. The Balaban J connectivity index is 3.08. The van der Waals surface area contributed by atoms with Crippen LogP contribution in [0.5, 0.6) is 0 Å². The maximum Gasteiger partial charge on any atom is 0.126 e. The summed E-state index contributed by atoms with van der Waals surface area (Å²) in [5.74, 6) is 1.30. The molecule has 12 heavy (non-hydrogen) atoms. The second-order valence-corrected chi connectivity index (χ2v) is 3.40. The van der Waals surface area contributed by atoms with Crippen molar-refractivity contribution in [1.82, 2.24) is 4.98 Å². The summed E-state index contributed by atoms with van der Waals surface area (Å²) in [6.07, 6.45) is 1.68. The van der Waals surface area contributed by atoms with Gasteiger partial charge in [0.15, 0.2) is 0 Å². The van der Waals surface area contributed by atoms with Gasteiger partial charge in [0.1, 0.15) is 5.82 Å². The quantitative estimate of drug-likeness (QED) is 0.765. The highest BCUT2D eigenvalue weighted by atomic mass is 35.5. The van der Waals surface area contributed by atoms with E-state index in [-0.39, 0.29) is 0 Å². The van der Waals surface area contributed by atoms with Gasteiger partial charge in [-0.2, -0.15) is 0 Å². The Morgan fingerprint density at radius 1 is 1.50 bits per heavy atom. The molecule has 0 bridgehead atoms. The Kier molecular flexibility index (Phi) is 2.93. The zero-order valence-corrected chi connectivity index (χ0v) is 8.31. The number of aromatic nitrogens is 1. The Bertz CT molecular complexity index is 271. The molecule has 3 heteroatoms. The molecule has 0 amide bonds. The molecule has 0 unspecified atom stereocenters. The van der Waals surface area contributed by atoms with Crippen LogP contribution < -0.4 is 5.32 Å². The van der Waals surface area contributed by atoms with Crippen LogP contribution in [0.15, 0.2) is 12.3 Å². The van der Waals surface area contributed by atoms with Gasteiger partial charge in [-0.05, 0) is 17.5 Å². The molecular formula is C9H13ClN2. The molecule has 0 aliphatic heterocycles. The van der Waals surface area contributed by atoms with Crippen LogP contribution in [0.2, 0.25) is 5.02 Å². The molecule has 1 rings (SSSR count). The number of hydrogen-bond donors (Lipinski definition) is 1. The molecule has 0 fully saturated rings. The molecule has 1 heterocycles. The molecule has 0 saturated carbocycles. The number of halogens is 1. The molecule has 1 N–H and O–H groups in total. The van der Waals surface area contributed by atoms with Gasteiger partial charge in [-0.15, -0.1) is 0 Å². The van der Waals surface area contributed by atoms with Crippen molar-refractivity contribution in [2.24, 2.45) is 0 Å². The number of hydrogen-bond acceptors (Lipinski definition) is 2. The maximum absolute atomic E-state index is 5.96. The summed E-state index contributed by atoms with van der Waals surface area (Å²) in [4.78, 5) is 4.10. The topological polar surface area (TPSA) is 24.9 Å². The van der Waals surface area contributed by atoms with Gasteiger partial charge in [0.05, 0.1) is 5.02 Å². The monoisotopic (exact) mass is 184 g/mol. The third-order valence-corrected chi connectivity index (χ3v) is 2.08. The third-order valence-electron chi connectivity index (χ3n) is 1.76. The van der Waals surface area contributed by atoms with E-state index >= 15 is 0 Å². The first kappa shape index (κ1) is 9.33. The van der Waals surface area contributed by atoms with Crippen LogP contribution in [-0.2, 0) is 0 Å². The van der Waals surface area contributed by atoms with Crippen LogP contribution >= 0.6 is 11.6 Å². The van der Waals surface area contributed by atoms with Gasteiger partial charge < -0.3 is 5.32 Å². The van der Waals surface area contributed by atoms with Crippen LogP contribution in [0.25, 0.3) is 0 Å². The highest BCUT2D eigenvalue weighted by molar-refractivity contribution is 6.31. The zero-order chi connectivity index (χ0) is 9.14. The van der Waals surface area contributed by atoms with E-state index in [1.165, 1.54) is 0 Å². The Hall–Kier alpha value is -0.760. The van der Waals surface area contributed by atoms with E-state index in [4.69, 9.17) is 11.6 Å². The molecule has 0 atom stereocenters. The number of rotatable bonds is 2. The lowest BCUT2D eigenvalue weighted by Crippen LogP contribution is -1.96. The molecule has 0 spiro atoms. The lowest BCUT2D eigenvalue weighted by Gasteiger charge is -2.09. The second-order valence-electron chi connectivity index (χ2n) is 3.00. The van der Waals surface area contributed by atoms with Crippen molar-refractivity contribution in [3.63, 3.8) is 0 Å². The van der Waals surface area contributed by atoms with Crippen molar-refractivity contribution in [3.8, 4) is 0 Å². The Labute approximate surface area is 78.0 Å². The summed E-state index contributed by atoms with van der Waals surface area (Å²) in [5, 5.41) is 3.72. The van der Waals surface area contributed by atoms with Gasteiger partial charge in [-0.25, -0.2) is 4.98 Å². The van der Waals surface area contributed by atoms with E-state index in [1.807, 2.05) is 13.1 Å². The zero-order valence-electron chi connectivity index (χ0n) is 7.56. The van der Waals surface area contributed by atoms with Crippen molar-refractivity contribution in [3.05, 3.63) is 22.8 Å². The first-order valence-corrected chi connectivity index (χ1v) is 4.36. The number of nitrogens with one attached hydrogen (secondary N) is 1. The highest BCUT2D eigenvalue weighted by Gasteiger charge is 2.05. The summed E-state index contributed by atoms with van der Waals surface area (Å²) in [7, 11) is 1.85. The van der Waals surface area contributed by atoms with Crippen molar-refractivity contribution >= 4 is 17.4 Å². The van der Waals surface area contributed by atoms with Gasteiger partial charge in [-0.1, -0.05) is 25.4 Å². The van der Waals surface area contributed by atoms with E-state index < -0.39 is 0 Å². The third kappa shape index (κ3) is 1.89. The lowest BCUT2D eigenvalue weighted by molar-refractivity contribution is 0.864. The van der Waals surface area contributed by atoms with Crippen molar-refractivity contribution in [1.29, 1.82) is 0 Å². The minimum Gasteiger partial charge on any atom is -0.373 e. The predicted octanol–water partition coefficient (Wildman–Crippen LogP) is 2.90. The normalized spacial score (nSPS) is 10.4. The summed E-state index contributed by atoms with van der Waals surface area (Å²) in [6.45, 7) is 4.22. The van der Waals surface area contributed by atoms with E-state index in [0.29, 0.717) is 5.92 Å². The van der Waals surface area contributed by atoms with Crippen molar-refractivity contribution in [2.45, 2.75) is 19.8 Å². The average Bonchev–Trinajstić information content (AvgIpc) is 2.05. The molecule has 1 aromatic rings. The second kappa shape index (κ2) is 3.76. The molecular weight excluding hydrogens is 172 g/mol. The average molecular weight is 185 g/mol. The molecule has 0 aliphatic rings. The highest BCUT2D eigenvalue weighted by Crippen LogP contribution is 2.24. The van der Waals surface area contributed by atoms with E-state index in [1.54, 1.807) is 6.20 Å². The van der Waals surface area contributed by atoms with Crippen LogP contribution in [0.4, 0.5) is 5.82 Å². The Morgan fingerprint density at radius 2 is 2.17 bits per heavy atom. The lowest BCUT2D eigenvalue weighted by atomic mass is 10.1. The van der Waals surface area contributed by atoms with Crippen LogP contribution in [0.3, 0.4) is 0 Å². The molecule has 2 nitrogen and oxygen atoms in total. The van der Waals surface area contributed by atoms with Crippen molar-refractivity contribution in [2.75, 3.05) is 12.4 Å². The number of nitrogens with zero attached hydrogens (tertiary/aromatic N) is 1. The summed E-state index contributed by atoms with van der Waals surface area (Å²) in [5.41, 5.74) is 1.14. The van der Waals surface area contributed by atoms with Crippen molar-refractivity contribution < 1.29 is 0 Å². The van der Waals surface area contributed by atoms with Crippen LogP contribution in [0, 0.1) is 0 Å². The predicted molar refractivity (Wildman–Crippen MR) is 52.9 cm³/mol. The smallest absolute Gasteiger partial charge is 0.126 e. The minimum absolute atomic E-state index is 0.438. The van der Waals surface area contributed by atoms with Crippen LogP contribution in [0.1, 0.15) is 25.3 Å². The van der Waals surface area contributed by atoms with Gasteiger partial charge in [0.2, 0.25) is 0 Å². The number of anilines is 1. The molecule has 0 saturated heterocycles.